The summed E-state index contributed by atoms with van der Waals surface area (Å²) in [7, 11) is 0. The lowest BCUT2D eigenvalue weighted by atomic mass is 9.94. The van der Waals surface area contributed by atoms with Crippen LogP contribution >= 0.6 is 11.6 Å². The molecule has 3 aromatic rings. The molecule has 1 N–H and O–H groups in total. The van der Waals surface area contributed by atoms with Crippen LogP contribution in [0.5, 0.6) is 0 Å². The number of carbonyl (C=O) groups is 1. The Bertz CT molecular complexity index is 1320. The van der Waals surface area contributed by atoms with Gasteiger partial charge in [-0.3, -0.25) is 14.9 Å². The fourth-order valence-electron chi connectivity index (χ4n) is 4.74. The molecule has 0 atom stereocenters. The number of H-pyrrole nitrogens is 1. The maximum Gasteiger partial charge on any atom is 0.245 e. The first-order chi connectivity index (χ1) is 16.0. The molecule has 2 aromatic carbocycles. The number of aromatic amines is 1. The molecule has 1 fully saturated rings. The van der Waals surface area contributed by atoms with Crippen molar-refractivity contribution in [2.45, 2.75) is 25.8 Å². The Morgan fingerprint density at radius 2 is 2.09 bits per heavy atom. The molecule has 1 aromatic heterocycles. The van der Waals surface area contributed by atoms with Crippen molar-refractivity contribution in [2.24, 2.45) is 4.99 Å². The van der Waals surface area contributed by atoms with Crippen molar-refractivity contribution in [2.75, 3.05) is 18.0 Å². The van der Waals surface area contributed by atoms with Crippen LogP contribution in [0.3, 0.4) is 0 Å². The molecular weight excluding hydrogens is 441 g/mol. The number of anilines is 1. The summed E-state index contributed by atoms with van der Waals surface area (Å²) in [5.41, 5.74) is 3.62. The van der Waals surface area contributed by atoms with Crippen molar-refractivity contribution in [3.63, 3.8) is 0 Å². The molecule has 0 radical (unpaired) electrons. The Labute approximate surface area is 196 Å². The number of likely N-dealkylation sites (tertiary alicyclic amines) is 1. The van der Waals surface area contributed by atoms with Gasteiger partial charge < -0.3 is 9.80 Å². The Balaban J connectivity index is 1.58. The number of hydrogen-bond donors (Lipinski definition) is 1. The minimum Gasteiger partial charge on any atom is -0.343 e. The van der Waals surface area contributed by atoms with E-state index in [1.165, 1.54) is 6.08 Å². The van der Waals surface area contributed by atoms with Gasteiger partial charge in [0.2, 0.25) is 5.91 Å². The molecule has 3 heterocycles. The molecular formula is C25H23ClFN5O. The second-order valence-electron chi connectivity index (χ2n) is 8.29. The van der Waals surface area contributed by atoms with Crippen LogP contribution in [-0.2, 0) is 4.79 Å². The molecule has 2 aliphatic heterocycles. The van der Waals surface area contributed by atoms with Crippen LogP contribution in [0.1, 0.15) is 18.4 Å². The summed E-state index contributed by atoms with van der Waals surface area (Å²) in [6.45, 7) is 6.73. The number of rotatable bonds is 3. The quantitative estimate of drug-likeness (QED) is 0.518. The first-order valence-electron chi connectivity index (χ1n) is 10.8. The molecule has 0 spiro atoms. The van der Waals surface area contributed by atoms with Crippen LogP contribution in [0.2, 0.25) is 5.02 Å². The molecule has 6 nitrogen and oxygen atoms in total. The van der Waals surface area contributed by atoms with Gasteiger partial charge >= 0.3 is 0 Å². The van der Waals surface area contributed by atoms with E-state index < -0.39 is 5.82 Å². The number of piperidine rings is 1. The van der Waals surface area contributed by atoms with Gasteiger partial charge in [0.25, 0.3) is 0 Å². The average molecular weight is 464 g/mol. The van der Waals surface area contributed by atoms with E-state index in [-0.39, 0.29) is 17.6 Å². The predicted octanol–water partition coefficient (Wildman–Crippen LogP) is 5.54. The number of nitrogens with one attached hydrogen (secondary N) is 1. The molecule has 8 heteroatoms. The van der Waals surface area contributed by atoms with E-state index in [1.54, 1.807) is 29.5 Å². The normalized spacial score (nSPS) is 16.2. The van der Waals surface area contributed by atoms with Crippen molar-refractivity contribution < 1.29 is 9.18 Å². The number of fused-ring (bicyclic) bond motifs is 2. The first-order valence-corrected chi connectivity index (χ1v) is 11.2. The molecule has 1 saturated heterocycles. The molecule has 2 aliphatic rings. The number of hydrogen-bond acceptors (Lipinski definition) is 4. The van der Waals surface area contributed by atoms with E-state index in [2.05, 4.69) is 21.8 Å². The Morgan fingerprint density at radius 1 is 1.30 bits per heavy atom. The van der Waals surface area contributed by atoms with Gasteiger partial charge in [0.05, 0.1) is 22.4 Å². The van der Waals surface area contributed by atoms with E-state index >= 15 is 4.39 Å². The van der Waals surface area contributed by atoms with E-state index in [0.717, 1.165) is 29.3 Å². The van der Waals surface area contributed by atoms with Crippen molar-refractivity contribution >= 4 is 46.0 Å². The summed E-state index contributed by atoms with van der Waals surface area (Å²) in [5, 5.41) is 8.18. The minimum atomic E-state index is -0.460. The summed E-state index contributed by atoms with van der Waals surface area (Å²) in [4.78, 5) is 20.2. The number of amides is 1. The molecule has 0 aliphatic carbocycles. The fourth-order valence-corrected chi connectivity index (χ4v) is 5.03. The second kappa shape index (κ2) is 8.48. The number of aromatic nitrogens is 2. The average Bonchev–Trinajstić information content (AvgIpc) is 3.20. The second-order valence-corrected chi connectivity index (χ2v) is 8.70. The highest BCUT2D eigenvalue weighted by atomic mass is 35.5. The van der Waals surface area contributed by atoms with Crippen molar-refractivity contribution in [3.05, 3.63) is 65.7 Å². The number of nitrogens with zero attached hydrogens (tertiary/aromatic N) is 4. The lowest BCUT2D eigenvalue weighted by molar-refractivity contribution is -0.126. The van der Waals surface area contributed by atoms with Crippen LogP contribution in [0.25, 0.3) is 22.0 Å². The van der Waals surface area contributed by atoms with Crippen LogP contribution < -0.4 is 4.90 Å². The SMILES string of the molecule is C=CC(=O)N1CCC(N2C=CC=Nc3c2cc(Cl)c(-c2c(C)ccc4[nH]ncc24)c3F)CC1. The third-order valence-corrected chi connectivity index (χ3v) is 6.71. The smallest absolute Gasteiger partial charge is 0.245 e. The molecule has 1 amide bonds. The summed E-state index contributed by atoms with van der Waals surface area (Å²) >= 11 is 6.74. The summed E-state index contributed by atoms with van der Waals surface area (Å²) in [6, 6.07) is 5.73. The third kappa shape index (κ3) is 3.62. The van der Waals surface area contributed by atoms with E-state index in [4.69, 9.17) is 11.6 Å². The lowest BCUT2D eigenvalue weighted by Crippen LogP contribution is -2.44. The number of aliphatic imine (C=N–C) groups is 1. The number of aryl methyl sites for hydroxylation is 1. The van der Waals surface area contributed by atoms with Crippen LogP contribution in [-0.4, -0.2) is 46.4 Å². The van der Waals surface area contributed by atoms with Gasteiger partial charge in [-0.25, -0.2) is 4.39 Å². The molecule has 168 valence electrons. The maximum atomic E-state index is 16.1. The summed E-state index contributed by atoms with van der Waals surface area (Å²) < 4.78 is 16.1. The van der Waals surface area contributed by atoms with Gasteiger partial charge in [0.15, 0.2) is 5.82 Å². The zero-order valence-electron chi connectivity index (χ0n) is 18.2. The van der Waals surface area contributed by atoms with Crippen molar-refractivity contribution in [1.82, 2.24) is 15.1 Å². The van der Waals surface area contributed by atoms with Gasteiger partial charge in [-0.1, -0.05) is 24.2 Å². The van der Waals surface area contributed by atoms with Gasteiger partial charge in [-0.2, -0.15) is 5.10 Å². The predicted molar refractivity (Wildman–Crippen MR) is 131 cm³/mol. The zero-order valence-corrected chi connectivity index (χ0v) is 18.9. The third-order valence-electron chi connectivity index (χ3n) is 6.41. The Kier molecular flexibility index (Phi) is 5.50. The fraction of sp³-hybridized carbons (Fsp3) is 0.240. The molecule has 0 unspecified atom stereocenters. The topological polar surface area (TPSA) is 64.6 Å². The van der Waals surface area contributed by atoms with Gasteiger partial charge in [-0.15, -0.1) is 0 Å². The van der Waals surface area contributed by atoms with E-state index in [9.17, 15) is 4.79 Å². The van der Waals surface area contributed by atoms with Crippen LogP contribution in [0.15, 0.2) is 54.3 Å². The number of carbonyl (C=O) groups excluding carboxylic acids is 1. The number of allylic oxidation sites excluding steroid dienone is 1. The van der Waals surface area contributed by atoms with E-state index in [0.29, 0.717) is 34.9 Å². The Hall–Kier alpha value is -3.45. The van der Waals surface area contributed by atoms with Gasteiger partial charge in [0.1, 0.15) is 5.69 Å². The highest BCUT2D eigenvalue weighted by Gasteiger charge is 2.30. The number of benzene rings is 2. The summed E-state index contributed by atoms with van der Waals surface area (Å²) in [5.74, 6) is -0.523. The van der Waals surface area contributed by atoms with E-state index in [1.807, 2.05) is 30.2 Å². The van der Waals surface area contributed by atoms with Gasteiger partial charge in [0, 0.05) is 48.1 Å². The molecule has 33 heavy (non-hydrogen) atoms. The van der Waals surface area contributed by atoms with Crippen molar-refractivity contribution in [1.29, 1.82) is 0 Å². The molecule has 0 saturated carbocycles. The largest absolute Gasteiger partial charge is 0.343 e. The number of halogens is 2. The van der Waals surface area contributed by atoms with Crippen LogP contribution in [0.4, 0.5) is 15.8 Å². The minimum absolute atomic E-state index is 0.0638. The van der Waals surface area contributed by atoms with Crippen molar-refractivity contribution in [3.8, 4) is 11.1 Å². The highest BCUT2D eigenvalue weighted by Crippen LogP contribution is 2.46. The van der Waals surface area contributed by atoms with Crippen LogP contribution in [0, 0.1) is 12.7 Å². The maximum absolute atomic E-state index is 16.1. The van der Waals surface area contributed by atoms with Gasteiger partial charge in [-0.05, 0) is 49.6 Å². The Morgan fingerprint density at radius 3 is 2.85 bits per heavy atom. The first kappa shape index (κ1) is 21.4. The monoisotopic (exact) mass is 463 g/mol. The molecule has 5 rings (SSSR count). The lowest BCUT2D eigenvalue weighted by Gasteiger charge is -2.38. The standard InChI is InChI=1S/C25H23ClFN5O/c1-3-21(33)31-11-7-16(8-12-31)32-10-4-9-28-25-20(32)13-18(26)23(24(25)27)22-15(2)5-6-19-17(22)14-29-30-19/h3-6,9-10,13-14,16H,1,7-8,11-12H2,2H3,(H,29,30). The molecule has 0 bridgehead atoms. The summed E-state index contributed by atoms with van der Waals surface area (Å²) in [6.07, 6.45) is 9.83. The highest BCUT2D eigenvalue weighted by molar-refractivity contribution is 6.34. The zero-order chi connectivity index (χ0) is 23.1.